The van der Waals surface area contributed by atoms with E-state index in [-0.39, 0.29) is 0 Å². The standard InChI is InChI=1S/C23H22N4O2S/c28-22(29)23(17-4-2-1-3-5-17)8-12-27(13-9-23)15-16-6-7-19-18(14-16)26-20-21(30-19)25-11-10-24-20/h1-7,10-11,14H,8-9,12-13,15H2,(H,24,26)(H,28,29). The molecule has 6 nitrogen and oxygen atoms in total. The topological polar surface area (TPSA) is 78.4 Å². The number of hydrogen-bond donors (Lipinski definition) is 2. The summed E-state index contributed by atoms with van der Waals surface area (Å²) in [7, 11) is 0. The van der Waals surface area contributed by atoms with Crippen LogP contribution in [0.3, 0.4) is 0 Å². The molecule has 3 aromatic rings. The molecule has 0 atom stereocenters. The van der Waals surface area contributed by atoms with Crippen molar-refractivity contribution in [1.29, 1.82) is 0 Å². The van der Waals surface area contributed by atoms with Crippen LogP contribution in [0.4, 0.5) is 11.5 Å². The summed E-state index contributed by atoms with van der Waals surface area (Å²) in [6.07, 6.45) is 4.63. The maximum Gasteiger partial charge on any atom is 0.314 e. The van der Waals surface area contributed by atoms with Crippen LogP contribution >= 0.6 is 11.8 Å². The summed E-state index contributed by atoms with van der Waals surface area (Å²) in [6, 6.07) is 16.1. The Hall–Kier alpha value is -2.90. The third-order valence-corrected chi connectivity index (χ3v) is 7.09. The van der Waals surface area contributed by atoms with Gasteiger partial charge in [-0.15, -0.1) is 0 Å². The zero-order valence-corrected chi connectivity index (χ0v) is 17.2. The lowest BCUT2D eigenvalue weighted by Gasteiger charge is -2.39. The zero-order chi connectivity index (χ0) is 20.6. The minimum atomic E-state index is -0.784. The van der Waals surface area contributed by atoms with Gasteiger partial charge in [0.1, 0.15) is 5.03 Å². The lowest BCUT2D eigenvalue weighted by atomic mass is 9.73. The highest BCUT2D eigenvalue weighted by molar-refractivity contribution is 7.99. The number of benzene rings is 2. The lowest BCUT2D eigenvalue weighted by Crippen LogP contribution is -2.47. The van der Waals surface area contributed by atoms with E-state index < -0.39 is 11.4 Å². The van der Waals surface area contributed by atoms with Crippen LogP contribution in [0.1, 0.15) is 24.0 Å². The number of carboxylic acid groups (broad SMARTS) is 1. The first kappa shape index (κ1) is 19.1. The monoisotopic (exact) mass is 418 g/mol. The average Bonchev–Trinajstić information content (AvgIpc) is 2.79. The third-order valence-electron chi connectivity index (χ3n) is 6.02. The summed E-state index contributed by atoms with van der Waals surface area (Å²) in [4.78, 5) is 24.4. The number of nitrogens with zero attached hydrogens (tertiary/aromatic N) is 3. The van der Waals surface area contributed by atoms with Gasteiger partial charge in [0.25, 0.3) is 0 Å². The van der Waals surface area contributed by atoms with Gasteiger partial charge in [0.05, 0.1) is 11.1 Å². The predicted molar refractivity (Wildman–Crippen MR) is 116 cm³/mol. The van der Waals surface area contributed by atoms with Gasteiger partial charge in [-0.1, -0.05) is 48.2 Å². The molecule has 0 saturated carbocycles. The molecule has 2 N–H and O–H groups in total. The maximum atomic E-state index is 12.2. The number of piperidine rings is 1. The quantitative estimate of drug-likeness (QED) is 0.511. The highest BCUT2D eigenvalue weighted by atomic mass is 32.2. The number of aromatic nitrogens is 2. The molecule has 7 heteroatoms. The zero-order valence-electron chi connectivity index (χ0n) is 16.4. The van der Waals surface area contributed by atoms with Gasteiger partial charge < -0.3 is 10.4 Å². The van der Waals surface area contributed by atoms with Crippen molar-refractivity contribution in [1.82, 2.24) is 14.9 Å². The summed E-state index contributed by atoms with van der Waals surface area (Å²) in [5.74, 6) is 0.0716. The Morgan fingerprint density at radius 2 is 1.87 bits per heavy atom. The van der Waals surface area contributed by atoms with Crippen LogP contribution in [0.2, 0.25) is 0 Å². The van der Waals surface area contributed by atoms with Crippen molar-refractivity contribution in [2.75, 3.05) is 18.4 Å². The van der Waals surface area contributed by atoms with E-state index in [4.69, 9.17) is 0 Å². The van der Waals surface area contributed by atoms with E-state index in [1.54, 1.807) is 24.2 Å². The normalized spacial score (nSPS) is 17.5. The molecule has 152 valence electrons. The van der Waals surface area contributed by atoms with Gasteiger partial charge in [-0.3, -0.25) is 9.69 Å². The number of likely N-dealkylation sites (tertiary alicyclic amines) is 1. The first-order valence-electron chi connectivity index (χ1n) is 10.0. The predicted octanol–water partition coefficient (Wildman–Crippen LogP) is 4.30. The molecule has 0 amide bonds. The summed E-state index contributed by atoms with van der Waals surface area (Å²) in [6.45, 7) is 2.32. The second kappa shape index (κ2) is 7.74. The van der Waals surface area contributed by atoms with Crippen molar-refractivity contribution in [3.05, 3.63) is 72.1 Å². The van der Waals surface area contributed by atoms with Crippen LogP contribution in [0.5, 0.6) is 0 Å². The number of rotatable bonds is 4. The number of carboxylic acids is 1. The van der Waals surface area contributed by atoms with Gasteiger partial charge in [0, 0.05) is 23.8 Å². The number of aliphatic carboxylic acids is 1. The van der Waals surface area contributed by atoms with Gasteiger partial charge in [0.15, 0.2) is 5.82 Å². The number of fused-ring (bicyclic) bond motifs is 2. The molecule has 0 spiro atoms. The highest BCUT2D eigenvalue weighted by Gasteiger charge is 2.42. The maximum absolute atomic E-state index is 12.2. The van der Waals surface area contributed by atoms with E-state index in [1.165, 1.54) is 5.56 Å². The average molecular weight is 419 g/mol. The van der Waals surface area contributed by atoms with E-state index in [0.717, 1.165) is 46.6 Å². The molecule has 0 aliphatic carbocycles. The van der Waals surface area contributed by atoms with Crippen molar-refractivity contribution in [2.45, 2.75) is 34.7 Å². The Bertz CT molecular complexity index is 1080. The minimum Gasteiger partial charge on any atom is -0.481 e. The summed E-state index contributed by atoms with van der Waals surface area (Å²) < 4.78 is 0. The van der Waals surface area contributed by atoms with Crippen LogP contribution in [0.25, 0.3) is 0 Å². The third kappa shape index (κ3) is 3.44. The summed E-state index contributed by atoms with van der Waals surface area (Å²) >= 11 is 1.62. The van der Waals surface area contributed by atoms with Crippen LogP contribution in [-0.4, -0.2) is 39.0 Å². The van der Waals surface area contributed by atoms with Gasteiger partial charge in [-0.25, -0.2) is 9.97 Å². The van der Waals surface area contributed by atoms with E-state index in [0.29, 0.717) is 12.8 Å². The van der Waals surface area contributed by atoms with Crippen molar-refractivity contribution < 1.29 is 9.90 Å². The molecule has 1 aromatic heterocycles. The molecule has 1 fully saturated rings. The molecular formula is C23H22N4O2S. The first-order valence-corrected chi connectivity index (χ1v) is 10.9. The van der Waals surface area contributed by atoms with Gasteiger partial charge in [0.2, 0.25) is 0 Å². The Kier molecular flexibility index (Phi) is 4.92. The molecule has 3 heterocycles. The molecule has 30 heavy (non-hydrogen) atoms. The molecule has 1 saturated heterocycles. The Balaban J connectivity index is 1.29. The van der Waals surface area contributed by atoms with E-state index in [2.05, 4.69) is 38.4 Å². The van der Waals surface area contributed by atoms with Crippen LogP contribution in [-0.2, 0) is 16.8 Å². The summed E-state index contributed by atoms with van der Waals surface area (Å²) in [5, 5.41) is 14.3. The Labute approximate surface area is 179 Å². The van der Waals surface area contributed by atoms with Crippen LogP contribution in [0.15, 0.2) is 70.8 Å². The van der Waals surface area contributed by atoms with Gasteiger partial charge in [-0.05, 0) is 49.2 Å². The fourth-order valence-corrected chi connectivity index (χ4v) is 5.19. The van der Waals surface area contributed by atoms with Crippen molar-refractivity contribution >= 4 is 29.2 Å². The van der Waals surface area contributed by atoms with Crippen molar-refractivity contribution in [3.8, 4) is 0 Å². The van der Waals surface area contributed by atoms with Crippen LogP contribution < -0.4 is 5.32 Å². The Morgan fingerprint density at radius 1 is 1.10 bits per heavy atom. The molecule has 0 radical (unpaired) electrons. The lowest BCUT2D eigenvalue weighted by molar-refractivity contribution is -0.146. The molecule has 5 rings (SSSR count). The molecular weight excluding hydrogens is 396 g/mol. The summed E-state index contributed by atoms with van der Waals surface area (Å²) in [5.41, 5.74) is 2.38. The molecule has 0 unspecified atom stereocenters. The highest BCUT2D eigenvalue weighted by Crippen LogP contribution is 2.42. The smallest absolute Gasteiger partial charge is 0.314 e. The Morgan fingerprint density at radius 3 is 2.63 bits per heavy atom. The SMILES string of the molecule is O=C(O)C1(c2ccccc2)CCN(Cc2ccc3c(c2)Nc2nccnc2S3)CC1. The number of carbonyl (C=O) groups is 1. The first-order chi connectivity index (χ1) is 14.6. The van der Waals surface area contributed by atoms with E-state index in [9.17, 15) is 9.90 Å². The fraction of sp³-hybridized carbons (Fsp3) is 0.261. The van der Waals surface area contributed by atoms with Crippen LogP contribution in [0, 0.1) is 0 Å². The molecule has 0 bridgehead atoms. The molecule has 2 aliphatic heterocycles. The molecule has 2 aromatic carbocycles. The van der Waals surface area contributed by atoms with Crippen molar-refractivity contribution in [2.24, 2.45) is 0 Å². The second-order valence-electron chi connectivity index (χ2n) is 7.80. The van der Waals surface area contributed by atoms with E-state index >= 15 is 0 Å². The number of nitrogens with one attached hydrogen (secondary N) is 1. The van der Waals surface area contributed by atoms with E-state index in [1.807, 2.05) is 30.3 Å². The van der Waals surface area contributed by atoms with Gasteiger partial charge >= 0.3 is 5.97 Å². The largest absolute Gasteiger partial charge is 0.481 e. The number of anilines is 2. The second-order valence-corrected chi connectivity index (χ2v) is 8.83. The fourth-order valence-electron chi connectivity index (χ4n) is 4.31. The number of hydrogen-bond acceptors (Lipinski definition) is 6. The molecule has 2 aliphatic rings. The van der Waals surface area contributed by atoms with Gasteiger partial charge in [-0.2, -0.15) is 0 Å². The minimum absolute atomic E-state index is 0.619. The van der Waals surface area contributed by atoms with Crippen molar-refractivity contribution in [3.63, 3.8) is 0 Å².